The average molecular weight is 242 g/mol. The Morgan fingerprint density at radius 2 is 1.88 bits per heavy atom. The first-order valence-electron chi connectivity index (χ1n) is 6.50. The van der Waals surface area contributed by atoms with E-state index in [2.05, 4.69) is 40.1 Å². The molecule has 0 aliphatic carbocycles. The first kappa shape index (κ1) is 15.9. The highest BCUT2D eigenvalue weighted by molar-refractivity contribution is 6.76. The Hall–Kier alpha value is -0.0831. The van der Waals surface area contributed by atoms with Crippen LogP contribution in [0.2, 0.25) is 25.7 Å². The molecule has 16 heavy (non-hydrogen) atoms. The highest BCUT2D eigenvalue weighted by Crippen LogP contribution is 2.29. The van der Waals surface area contributed by atoms with Crippen molar-refractivity contribution in [2.75, 3.05) is 7.11 Å². The molecule has 96 valence electrons. The van der Waals surface area contributed by atoms with E-state index in [1.165, 1.54) is 30.9 Å². The van der Waals surface area contributed by atoms with Crippen LogP contribution in [0.5, 0.6) is 0 Å². The molecule has 0 heterocycles. The number of rotatable bonds is 8. The molecule has 0 radical (unpaired) electrons. The van der Waals surface area contributed by atoms with Gasteiger partial charge in [0.25, 0.3) is 0 Å². The predicted molar refractivity (Wildman–Crippen MR) is 76.8 cm³/mol. The molecule has 0 aromatic heterocycles. The zero-order valence-electron chi connectivity index (χ0n) is 12.1. The Kier molecular flexibility index (Phi) is 7.25. The standard InChI is InChI=1S/C14H30OSi/c1-8-9-10-14(15-4)13(12(2)3)11-16(5,6)7/h13-14H,2,8-11H2,1,3-7H3. The van der Waals surface area contributed by atoms with E-state index in [0.29, 0.717) is 12.0 Å². The van der Waals surface area contributed by atoms with Crippen LogP contribution in [0, 0.1) is 5.92 Å². The van der Waals surface area contributed by atoms with Crippen LogP contribution in [-0.2, 0) is 4.74 Å². The van der Waals surface area contributed by atoms with E-state index < -0.39 is 8.07 Å². The maximum absolute atomic E-state index is 5.68. The molecule has 0 aromatic carbocycles. The Morgan fingerprint density at radius 1 is 1.31 bits per heavy atom. The molecule has 1 nitrogen and oxygen atoms in total. The molecule has 0 N–H and O–H groups in total. The first-order valence-corrected chi connectivity index (χ1v) is 10.2. The lowest BCUT2D eigenvalue weighted by atomic mass is 9.93. The van der Waals surface area contributed by atoms with E-state index in [9.17, 15) is 0 Å². The second kappa shape index (κ2) is 7.28. The lowest BCUT2D eigenvalue weighted by Crippen LogP contribution is -2.32. The summed E-state index contributed by atoms with van der Waals surface area (Å²) < 4.78 is 5.68. The topological polar surface area (TPSA) is 9.23 Å². The Morgan fingerprint density at radius 3 is 2.19 bits per heavy atom. The van der Waals surface area contributed by atoms with Crippen molar-refractivity contribution in [3.05, 3.63) is 12.2 Å². The van der Waals surface area contributed by atoms with Gasteiger partial charge >= 0.3 is 0 Å². The molecule has 0 saturated heterocycles. The molecule has 0 bridgehead atoms. The zero-order valence-corrected chi connectivity index (χ0v) is 13.1. The highest BCUT2D eigenvalue weighted by atomic mass is 28.3. The number of hydrogen-bond acceptors (Lipinski definition) is 1. The molecule has 0 saturated carbocycles. The molecule has 2 heteroatoms. The Balaban J connectivity index is 4.53. The lowest BCUT2D eigenvalue weighted by molar-refractivity contribution is 0.0616. The highest BCUT2D eigenvalue weighted by Gasteiger charge is 2.27. The van der Waals surface area contributed by atoms with Gasteiger partial charge in [-0.25, -0.2) is 0 Å². The monoisotopic (exact) mass is 242 g/mol. The van der Waals surface area contributed by atoms with E-state index in [4.69, 9.17) is 4.74 Å². The molecule has 0 rings (SSSR count). The fourth-order valence-electron chi connectivity index (χ4n) is 2.17. The zero-order chi connectivity index (χ0) is 12.8. The van der Waals surface area contributed by atoms with Crippen LogP contribution in [0.25, 0.3) is 0 Å². The van der Waals surface area contributed by atoms with Gasteiger partial charge in [0.05, 0.1) is 6.10 Å². The molecule has 0 fully saturated rings. The minimum Gasteiger partial charge on any atom is -0.381 e. The lowest BCUT2D eigenvalue weighted by Gasteiger charge is -2.31. The van der Waals surface area contributed by atoms with Crippen molar-refractivity contribution in [2.24, 2.45) is 5.92 Å². The van der Waals surface area contributed by atoms with Gasteiger partial charge in [0.1, 0.15) is 0 Å². The van der Waals surface area contributed by atoms with Crippen LogP contribution in [0.1, 0.15) is 33.1 Å². The summed E-state index contributed by atoms with van der Waals surface area (Å²) >= 11 is 0. The molecule has 0 aliphatic heterocycles. The normalized spacial score (nSPS) is 15.9. The smallest absolute Gasteiger partial charge is 0.0633 e. The summed E-state index contributed by atoms with van der Waals surface area (Å²) in [6.07, 6.45) is 4.06. The number of hydrogen-bond donors (Lipinski definition) is 0. The summed E-state index contributed by atoms with van der Waals surface area (Å²) in [7, 11) is 0.806. The second-order valence-corrected chi connectivity index (χ2v) is 11.7. The molecule has 0 amide bonds. The number of unbranched alkanes of at least 4 members (excludes halogenated alkanes) is 1. The maximum Gasteiger partial charge on any atom is 0.0633 e. The molecule has 0 spiro atoms. The van der Waals surface area contributed by atoms with Crippen molar-refractivity contribution >= 4 is 8.07 Å². The van der Waals surface area contributed by atoms with Gasteiger partial charge in [-0.15, -0.1) is 0 Å². The van der Waals surface area contributed by atoms with Crippen molar-refractivity contribution in [3.8, 4) is 0 Å². The average Bonchev–Trinajstić information content (AvgIpc) is 2.15. The van der Waals surface area contributed by atoms with E-state index in [1.807, 2.05) is 7.11 Å². The third-order valence-corrected chi connectivity index (χ3v) is 4.72. The summed E-state index contributed by atoms with van der Waals surface area (Å²) in [4.78, 5) is 0. The quantitative estimate of drug-likeness (QED) is 0.442. The van der Waals surface area contributed by atoms with Crippen molar-refractivity contribution in [1.29, 1.82) is 0 Å². The van der Waals surface area contributed by atoms with Crippen LogP contribution < -0.4 is 0 Å². The van der Waals surface area contributed by atoms with Crippen molar-refractivity contribution < 1.29 is 4.74 Å². The molecule has 0 aliphatic rings. The van der Waals surface area contributed by atoms with E-state index in [-0.39, 0.29) is 0 Å². The molecular weight excluding hydrogens is 212 g/mol. The minimum atomic E-state index is -1.04. The van der Waals surface area contributed by atoms with Gasteiger partial charge in [-0.1, -0.05) is 51.6 Å². The predicted octanol–water partition coefficient (Wildman–Crippen LogP) is 4.72. The molecule has 2 unspecified atom stereocenters. The van der Waals surface area contributed by atoms with Crippen LogP contribution >= 0.6 is 0 Å². The number of methoxy groups -OCH3 is 1. The summed E-state index contributed by atoms with van der Waals surface area (Å²) in [5.41, 5.74) is 1.30. The summed E-state index contributed by atoms with van der Waals surface area (Å²) in [6, 6.07) is 1.30. The van der Waals surface area contributed by atoms with E-state index in [0.717, 1.165) is 0 Å². The van der Waals surface area contributed by atoms with Gasteiger partial charge in [-0.05, 0) is 19.4 Å². The van der Waals surface area contributed by atoms with Crippen LogP contribution in [0.15, 0.2) is 12.2 Å². The van der Waals surface area contributed by atoms with Crippen molar-refractivity contribution in [2.45, 2.75) is 64.9 Å². The summed E-state index contributed by atoms with van der Waals surface area (Å²) in [5, 5.41) is 0. The largest absolute Gasteiger partial charge is 0.381 e. The van der Waals surface area contributed by atoms with Gasteiger partial charge < -0.3 is 4.74 Å². The summed E-state index contributed by atoms with van der Waals surface area (Å²) in [6.45, 7) is 15.8. The fraction of sp³-hybridized carbons (Fsp3) is 0.857. The van der Waals surface area contributed by atoms with Crippen molar-refractivity contribution in [3.63, 3.8) is 0 Å². The van der Waals surface area contributed by atoms with Crippen LogP contribution in [0.3, 0.4) is 0 Å². The van der Waals surface area contributed by atoms with Crippen molar-refractivity contribution in [1.82, 2.24) is 0 Å². The first-order chi connectivity index (χ1) is 7.31. The molecule has 0 aromatic rings. The van der Waals surface area contributed by atoms with Crippen LogP contribution in [0.4, 0.5) is 0 Å². The van der Waals surface area contributed by atoms with E-state index in [1.54, 1.807) is 0 Å². The third kappa shape index (κ3) is 6.49. The second-order valence-electron chi connectivity index (χ2n) is 6.13. The van der Waals surface area contributed by atoms with Gasteiger partial charge in [0.15, 0.2) is 0 Å². The Bertz CT molecular complexity index is 205. The third-order valence-electron chi connectivity index (χ3n) is 3.06. The molecular formula is C14H30OSi. The maximum atomic E-state index is 5.68. The summed E-state index contributed by atoms with van der Waals surface area (Å²) in [5.74, 6) is 0.559. The fourth-order valence-corrected chi connectivity index (χ4v) is 4.10. The number of ether oxygens (including phenoxy) is 1. The molecule has 2 atom stereocenters. The van der Waals surface area contributed by atoms with E-state index >= 15 is 0 Å². The van der Waals surface area contributed by atoms with Crippen LogP contribution in [-0.4, -0.2) is 21.3 Å². The minimum absolute atomic E-state index is 0.379. The van der Waals surface area contributed by atoms with Gasteiger partial charge in [0, 0.05) is 21.1 Å². The Labute approximate surface area is 103 Å². The van der Waals surface area contributed by atoms with Gasteiger partial charge in [0.2, 0.25) is 0 Å². The van der Waals surface area contributed by atoms with Gasteiger partial charge in [-0.2, -0.15) is 0 Å². The van der Waals surface area contributed by atoms with Gasteiger partial charge in [-0.3, -0.25) is 0 Å². The SMILES string of the molecule is C=C(C)C(C[Si](C)(C)C)C(CCCC)OC.